The Hall–Kier alpha value is -3.15. The molecule has 0 aromatic heterocycles. The Morgan fingerprint density at radius 3 is 2.84 bits per heavy atom. The van der Waals surface area contributed by atoms with Crippen molar-refractivity contribution in [1.29, 1.82) is 0 Å². The first kappa shape index (κ1) is 16.7. The lowest BCUT2D eigenvalue weighted by molar-refractivity contribution is -0.115. The third-order valence-corrected chi connectivity index (χ3v) is 3.76. The Kier molecular flexibility index (Phi) is 5.09. The van der Waals surface area contributed by atoms with Crippen molar-refractivity contribution in [2.45, 2.75) is 6.42 Å². The highest BCUT2D eigenvalue weighted by molar-refractivity contribution is 5.96. The topological polar surface area (TPSA) is 61.4 Å². The smallest absolute Gasteiger partial charge is 0.321 e. The molecular weight excluding hydrogens is 321 g/mol. The van der Waals surface area contributed by atoms with Gasteiger partial charge in [0.25, 0.3) is 0 Å². The number of rotatable bonds is 5. The number of carbonyl (C=O) groups excluding carboxylic acids is 2. The lowest BCUT2D eigenvalue weighted by Crippen LogP contribution is -2.27. The second-order valence-corrected chi connectivity index (χ2v) is 5.64. The molecule has 3 amide bonds. The van der Waals surface area contributed by atoms with Crippen molar-refractivity contribution in [2.75, 3.05) is 23.3 Å². The highest BCUT2D eigenvalue weighted by atomic mass is 19.1. The van der Waals surface area contributed by atoms with E-state index < -0.39 is 0 Å². The van der Waals surface area contributed by atoms with Gasteiger partial charge in [0.1, 0.15) is 5.82 Å². The van der Waals surface area contributed by atoms with Crippen LogP contribution in [-0.2, 0) is 4.79 Å². The number of anilines is 2. The Bertz CT molecular complexity index is 820. The number of carbonyl (C=O) groups is 2. The fraction of sp³-hybridized carbons (Fsp3) is 0.158. The summed E-state index contributed by atoms with van der Waals surface area (Å²) in [6.07, 6.45) is 3.56. The van der Waals surface area contributed by atoms with E-state index in [2.05, 4.69) is 10.6 Å². The molecule has 0 atom stereocenters. The van der Waals surface area contributed by atoms with Gasteiger partial charge >= 0.3 is 6.03 Å². The first-order valence-electron chi connectivity index (χ1n) is 7.99. The number of nitrogens with one attached hydrogen (secondary N) is 2. The van der Waals surface area contributed by atoms with Crippen LogP contribution in [0.1, 0.15) is 12.0 Å². The molecule has 25 heavy (non-hydrogen) atoms. The van der Waals surface area contributed by atoms with Gasteiger partial charge in [-0.2, -0.15) is 0 Å². The minimum Gasteiger partial charge on any atom is -0.336 e. The lowest BCUT2D eigenvalue weighted by atomic mass is 10.2. The summed E-state index contributed by atoms with van der Waals surface area (Å²) < 4.78 is 13.1. The molecule has 6 heteroatoms. The molecule has 1 fully saturated rings. The molecule has 0 saturated carbocycles. The number of hydrogen-bond acceptors (Lipinski definition) is 2. The Morgan fingerprint density at radius 2 is 2.08 bits per heavy atom. The maximum atomic E-state index is 13.1. The van der Waals surface area contributed by atoms with Gasteiger partial charge in [-0.1, -0.05) is 30.4 Å². The summed E-state index contributed by atoms with van der Waals surface area (Å²) in [5.41, 5.74) is 2.07. The lowest BCUT2D eigenvalue weighted by Gasteiger charge is -2.15. The van der Waals surface area contributed by atoms with E-state index in [1.165, 1.54) is 12.1 Å². The molecule has 1 saturated heterocycles. The van der Waals surface area contributed by atoms with Gasteiger partial charge in [0.15, 0.2) is 0 Å². The summed E-state index contributed by atoms with van der Waals surface area (Å²) in [6, 6.07) is 13.2. The molecule has 0 spiro atoms. The van der Waals surface area contributed by atoms with E-state index in [-0.39, 0.29) is 24.2 Å². The van der Waals surface area contributed by atoms with Crippen molar-refractivity contribution in [3.05, 3.63) is 66.0 Å². The van der Waals surface area contributed by atoms with E-state index >= 15 is 0 Å². The van der Waals surface area contributed by atoms with Crippen molar-refractivity contribution in [3.63, 3.8) is 0 Å². The zero-order chi connectivity index (χ0) is 17.6. The third-order valence-electron chi connectivity index (χ3n) is 3.76. The Morgan fingerprint density at radius 1 is 1.24 bits per heavy atom. The van der Waals surface area contributed by atoms with Crippen LogP contribution in [0.25, 0.3) is 6.08 Å². The van der Waals surface area contributed by atoms with Gasteiger partial charge < -0.3 is 10.6 Å². The highest BCUT2D eigenvalue weighted by Crippen LogP contribution is 2.21. The van der Waals surface area contributed by atoms with Gasteiger partial charge in [0, 0.05) is 30.9 Å². The average molecular weight is 339 g/mol. The van der Waals surface area contributed by atoms with E-state index in [4.69, 9.17) is 0 Å². The standard InChI is InChI=1S/C19H18FN3O2/c20-15-6-1-4-14(12-15)5-2-9-18(24)22-16-7-3-8-17(13-16)23-11-10-21-19(23)25/h1-8,12-13H,9-11H2,(H,21,25)(H,22,24). The Balaban J connectivity index is 1.58. The summed E-state index contributed by atoms with van der Waals surface area (Å²) in [5.74, 6) is -0.495. The van der Waals surface area contributed by atoms with Crippen LogP contribution in [0, 0.1) is 5.82 Å². The van der Waals surface area contributed by atoms with Crippen LogP contribution in [0.5, 0.6) is 0 Å². The molecular formula is C19H18FN3O2. The second-order valence-electron chi connectivity index (χ2n) is 5.64. The average Bonchev–Trinajstić information content (AvgIpc) is 3.01. The predicted octanol–water partition coefficient (Wildman–Crippen LogP) is 3.40. The SMILES string of the molecule is O=C(CC=Cc1cccc(F)c1)Nc1cccc(N2CCNC2=O)c1. The van der Waals surface area contributed by atoms with Gasteiger partial charge in [-0.3, -0.25) is 9.69 Å². The molecule has 0 unspecified atom stereocenters. The molecule has 1 aliphatic rings. The molecule has 128 valence electrons. The first-order valence-corrected chi connectivity index (χ1v) is 7.99. The van der Waals surface area contributed by atoms with E-state index in [1.807, 2.05) is 6.07 Å². The number of urea groups is 1. The number of nitrogens with zero attached hydrogens (tertiary/aromatic N) is 1. The normalized spacial score (nSPS) is 14.0. The van der Waals surface area contributed by atoms with Crippen LogP contribution in [0.15, 0.2) is 54.6 Å². The van der Waals surface area contributed by atoms with Crippen molar-refractivity contribution in [3.8, 4) is 0 Å². The second kappa shape index (κ2) is 7.61. The Labute approximate surface area is 145 Å². The number of benzene rings is 2. The van der Waals surface area contributed by atoms with E-state index in [9.17, 15) is 14.0 Å². The van der Waals surface area contributed by atoms with Gasteiger partial charge in [-0.15, -0.1) is 0 Å². The molecule has 1 heterocycles. The van der Waals surface area contributed by atoms with Crippen LogP contribution >= 0.6 is 0 Å². The molecule has 2 aromatic carbocycles. The van der Waals surface area contributed by atoms with Crippen LogP contribution in [0.4, 0.5) is 20.6 Å². The highest BCUT2D eigenvalue weighted by Gasteiger charge is 2.21. The largest absolute Gasteiger partial charge is 0.336 e. The predicted molar refractivity (Wildman–Crippen MR) is 95.9 cm³/mol. The van der Waals surface area contributed by atoms with Gasteiger partial charge in [-0.25, -0.2) is 9.18 Å². The van der Waals surface area contributed by atoms with Crippen molar-refractivity contribution >= 4 is 29.4 Å². The van der Waals surface area contributed by atoms with Crippen LogP contribution in [0.2, 0.25) is 0 Å². The quantitative estimate of drug-likeness (QED) is 0.877. The minimum absolute atomic E-state index is 0.137. The first-order chi connectivity index (χ1) is 12.1. The zero-order valence-electron chi connectivity index (χ0n) is 13.5. The van der Waals surface area contributed by atoms with E-state index in [1.54, 1.807) is 47.4 Å². The molecule has 1 aliphatic heterocycles. The van der Waals surface area contributed by atoms with Crippen molar-refractivity contribution < 1.29 is 14.0 Å². The summed E-state index contributed by atoms with van der Waals surface area (Å²) in [4.78, 5) is 25.4. The molecule has 0 aliphatic carbocycles. The van der Waals surface area contributed by atoms with Crippen LogP contribution in [-0.4, -0.2) is 25.0 Å². The number of amides is 3. The van der Waals surface area contributed by atoms with E-state index in [0.29, 0.717) is 24.3 Å². The maximum Gasteiger partial charge on any atom is 0.321 e. The summed E-state index contributed by atoms with van der Waals surface area (Å²) in [6.45, 7) is 1.22. The fourth-order valence-corrected chi connectivity index (χ4v) is 2.59. The summed E-state index contributed by atoms with van der Waals surface area (Å²) >= 11 is 0. The zero-order valence-corrected chi connectivity index (χ0v) is 13.5. The van der Waals surface area contributed by atoms with Crippen LogP contribution < -0.4 is 15.5 Å². The molecule has 3 rings (SSSR count). The maximum absolute atomic E-state index is 13.1. The molecule has 5 nitrogen and oxygen atoms in total. The molecule has 2 N–H and O–H groups in total. The third kappa shape index (κ3) is 4.44. The van der Waals surface area contributed by atoms with Gasteiger partial charge in [0.2, 0.25) is 5.91 Å². The molecule has 2 aromatic rings. The minimum atomic E-state index is -0.311. The van der Waals surface area contributed by atoms with Crippen LogP contribution in [0.3, 0.4) is 0 Å². The number of halogens is 1. The fourth-order valence-electron chi connectivity index (χ4n) is 2.59. The molecule has 0 radical (unpaired) electrons. The number of hydrogen-bond donors (Lipinski definition) is 2. The molecule has 0 bridgehead atoms. The summed E-state index contributed by atoms with van der Waals surface area (Å²) in [7, 11) is 0. The monoisotopic (exact) mass is 339 g/mol. The van der Waals surface area contributed by atoms with E-state index in [0.717, 1.165) is 5.69 Å². The summed E-state index contributed by atoms with van der Waals surface area (Å²) in [5, 5.41) is 5.54. The van der Waals surface area contributed by atoms with Gasteiger partial charge in [0.05, 0.1) is 0 Å². The van der Waals surface area contributed by atoms with Gasteiger partial charge in [-0.05, 0) is 35.9 Å². The van der Waals surface area contributed by atoms with Crippen molar-refractivity contribution in [2.24, 2.45) is 0 Å². The van der Waals surface area contributed by atoms with Crippen molar-refractivity contribution in [1.82, 2.24) is 5.32 Å².